The summed E-state index contributed by atoms with van der Waals surface area (Å²) in [5.74, 6) is -0.0271. The minimum atomic E-state index is -0.350. The molecule has 0 saturated carbocycles. The van der Waals surface area contributed by atoms with E-state index in [1.807, 2.05) is 59.5 Å². The lowest BCUT2D eigenvalue weighted by Gasteiger charge is -2.19. The van der Waals surface area contributed by atoms with Gasteiger partial charge in [-0.3, -0.25) is 4.79 Å². The van der Waals surface area contributed by atoms with E-state index in [2.05, 4.69) is 4.99 Å². The van der Waals surface area contributed by atoms with E-state index in [9.17, 15) is 9.59 Å². The highest BCUT2D eigenvalue weighted by Crippen LogP contribution is 2.29. The van der Waals surface area contributed by atoms with Crippen LogP contribution >= 0.6 is 0 Å². The highest BCUT2D eigenvalue weighted by atomic mass is 16.5. The van der Waals surface area contributed by atoms with Gasteiger partial charge in [-0.15, -0.1) is 0 Å². The molecule has 1 aliphatic heterocycles. The lowest BCUT2D eigenvalue weighted by molar-refractivity contribution is 0.0526. The summed E-state index contributed by atoms with van der Waals surface area (Å²) in [7, 11) is 0. The number of ether oxygens (including phenoxy) is 1. The molecule has 0 spiro atoms. The molecule has 1 aliphatic rings. The number of anilines is 1. The van der Waals surface area contributed by atoms with Crippen molar-refractivity contribution in [2.24, 2.45) is 4.99 Å². The van der Waals surface area contributed by atoms with Gasteiger partial charge in [-0.2, -0.15) is 4.99 Å². The Morgan fingerprint density at radius 2 is 1.59 bits per heavy atom. The molecule has 0 N–H and O–H groups in total. The number of esters is 1. The van der Waals surface area contributed by atoms with Crippen molar-refractivity contribution in [1.82, 2.24) is 0 Å². The highest BCUT2D eigenvalue weighted by Gasteiger charge is 2.27. The third kappa shape index (κ3) is 3.80. The number of carbonyl (C=O) groups excluding carboxylic acids is 2. The van der Waals surface area contributed by atoms with E-state index < -0.39 is 0 Å². The van der Waals surface area contributed by atoms with Crippen LogP contribution in [0, 0.1) is 0 Å². The first-order valence-corrected chi connectivity index (χ1v) is 9.48. The molecule has 0 saturated heterocycles. The second-order valence-electron chi connectivity index (χ2n) is 6.62. The number of benzene rings is 3. The van der Waals surface area contributed by atoms with Gasteiger partial charge in [0, 0.05) is 16.8 Å². The third-order valence-corrected chi connectivity index (χ3v) is 4.76. The van der Waals surface area contributed by atoms with E-state index in [0.29, 0.717) is 30.1 Å². The lowest BCUT2D eigenvalue weighted by Crippen LogP contribution is -2.25. The van der Waals surface area contributed by atoms with Crippen molar-refractivity contribution in [3.05, 3.63) is 101 Å². The zero-order chi connectivity index (χ0) is 20.2. The number of hydrogen-bond acceptors (Lipinski definition) is 3. The number of amides is 1. The van der Waals surface area contributed by atoms with E-state index >= 15 is 0 Å². The molecule has 0 unspecified atom stereocenters. The van der Waals surface area contributed by atoms with Crippen molar-refractivity contribution in [2.75, 3.05) is 11.5 Å². The van der Waals surface area contributed by atoms with Crippen molar-refractivity contribution < 1.29 is 14.3 Å². The molecule has 0 radical (unpaired) electrons. The largest absolute Gasteiger partial charge is 0.462 e. The van der Waals surface area contributed by atoms with E-state index in [1.165, 1.54) is 0 Å². The van der Waals surface area contributed by atoms with E-state index in [-0.39, 0.29) is 11.9 Å². The fourth-order valence-electron chi connectivity index (χ4n) is 3.33. The first-order chi connectivity index (χ1) is 14.2. The van der Waals surface area contributed by atoms with Gasteiger partial charge in [0.1, 0.15) is 5.84 Å². The number of hydrogen-bond donors (Lipinski definition) is 0. The second-order valence-corrected chi connectivity index (χ2v) is 6.62. The van der Waals surface area contributed by atoms with E-state index in [0.717, 1.165) is 16.8 Å². The van der Waals surface area contributed by atoms with Crippen LogP contribution in [0.3, 0.4) is 0 Å². The molecule has 0 aromatic heterocycles. The van der Waals surface area contributed by atoms with E-state index in [4.69, 9.17) is 4.74 Å². The van der Waals surface area contributed by atoms with Crippen LogP contribution in [-0.2, 0) is 11.3 Å². The summed E-state index contributed by atoms with van der Waals surface area (Å²) in [6.07, 6.45) is 0. The quantitative estimate of drug-likeness (QED) is 0.623. The molecule has 5 heteroatoms. The summed E-state index contributed by atoms with van der Waals surface area (Å²) in [6, 6.07) is 24.1. The predicted molar refractivity (Wildman–Crippen MR) is 112 cm³/mol. The second kappa shape index (κ2) is 8.10. The third-order valence-electron chi connectivity index (χ3n) is 4.76. The van der Waals surface area contributed by atoms with Gasteiger partial charge in [0.2, 0.25) is 0 Å². The van der Waals surface area contributed by atoms with Crippen LogP contribution < -0.4 is 4.90 Å². The maximum atomic E-state index is 12.7. The van der Waals surface area contributed by atoms with Gasteiger partial charge in [0.25, 0.3) is 5.91 Å². The van der Waals surface area contributed by atoms with Crippen LogP contribution in [0.2, 0.25) is 0 Å². The van der Waals surface area contributed by atoms with Gasteiger partial charge in [-0.05, 0) is 48.9 Å². The predicted octanol–water partition coefficient (Wildman–Crippen LogP) is 4.47. The molecular formula is C24H20N2O3. The Morgan fingerprint density at radius 3 is 2.31 bits per heavy atom. The Balaban J connectivity index is 1.70. The van der Waals surface area contributed by atoms with Crippen LogP contribution in [0.15, 0.2) is 83.9 Å². The minimum absolute atomic E-state index is 0.287. The van der Waals surface area contributed by atoms with Crippen LogP contribution in [-0.4, -0.2) is 24.3 Å². The summed E-state index contributed by atoms with van der Waals surface area (Å²) in [5, 5.41) is 0. The summed E-state index contributed by atoms with van der Waals surface area (Å²) >= 11 is 0. The minimum Gasteiger partial charge on any atom is -0.462 e. The molecule has 1 amide bonds. The lowest BCUT2D eigenvalue weighted by atomic mass is 10.1. The average Bonchev–Trinajstić information content (AvgIpc) is 3.13. The molecule has 1 heterocycles. The van der Waals surface area contributed by atoms with Crippen LogP contribution in [0.4, 0.5) is 5.69 Å². The molecule has 4 rings (SSSR count). The topological polar surface area (TPSA) is 59.0 Å². The molecule has 29 heavy (non-hydrogen) atoms. The van der Waals surface area contributed by atoms with Gasteiger partial charge >= 0.3 is 5.97 Å². The van der Waals surface area contributed by atoms with Gasteiger partial charge in [0.15, 0.2) is 0 Å². The van der Waals surface area contributed by atoms with Crippen molar-refractivity contribution >= 4 is 23.4 Å². The maximum absolute atomic E-state index is 12.7. The Hall–Kier alpha value is -3.73. The maximum Gasteiger partial charge on any atom is 0.338 e. The SMILES string of the molecule is CCOC(=O)c1ccc(N2Cc3ccccc3C2=NC(=O)c2ccccc2)cc1. The molecule has 144 valence electrons. The summed E-state index contributed by atoms with van der Waals surface area (Å²) in [5.41, 5.74) is 3.93. The number of nitrogens with zero attached hydrogens (tertiary/aromatic N) is 2. The smallest absolute Gasteiger partial charge is 0.338 e. The van der Waals surface area contributed by atoms with Gasteiger partial charge in [-0.25, -0.2) is 4.79 Å². The number of carbonyl (C=O) groups is 2. The van der Waals surface area contributed by atoms with Gasteiger partial charge < -0.3 is 9.64 Å². The van der Waals surface area contributed by atoms with Crippen molar-refractivity contribution in [1.29, 1.82) is 0 Å². The Bertz CT molecular complexity index is 1070. The van der Waals surface area contributed by atoms with Crippen LogP contribution in [0.1, 0.15) is 38.8 Å². The zero-order valence-corrected chi connectivity index (χ0v) is 16.0. The zero-order valence-electron chi connectivity index (χ0n) is 16.0. The van der Waals surface area contributed by atoms with Gasteiger partial charge in [0.05, 0.1) is 18.7 Å². The highest BCUT2D eigenvalue weighted by molar-refractivity contribution is 6.18. The summed E-state index contributed by atoms with van der Waals surface area (Å²) in [4.78, 5) is 31.1. The standard InChI is InChI=1S/C24H20N2O3/c1-2-29-24(28)18-12-14-20(15-13-18)26-16-19-10-6-7-11-21(19)22(26)25-23(27)17-8-4-3-5-9-17/h3-15H,2,16H2,1H3. The molecular weight excluding hydrogens is 364 g/mol. The fourth-order valence-corrected chi connectivity index (χ4v) is 3.33. The molecule has 0 bridgehead atoms. The molecule has 0 fully saturated rings. The van der Waals surface area contributed by atoms with Crippen LogP contribution in [0.5, 0.6) is 0 Å². The summed E-state index contributed by atoms with van der Waals surface area (Å²) < 4.78 is 5.05. The monoisotopic (exact) mass is 384 g/mol. The number of amidine groups is 1. The van der Waals surface area contributed by atoms with Crippen molar-refractivity contribution in [2.45, 2.75) is 13.5 Å². The normalized spacial score (nSPS) is 14.0. The molecule has 3 aromatic rings. The molecule has 0 atom stereocenters. The Kier molecular flexibility index (Phi) is 5.20. The van der Waals surface area contributed by atoms with Gasteiger partial charge in [-0.1, -0.05) is 42.5 Å². The number of fused-ring (bicyclic) bond motifs is 1. The molecule has 3 aromatic carbocycles. The molecule has 0 aliphatic carbocycles. The Morgan fingerprint density at radius 1 is 0.897 bits per heavy atom. The van der Waals surface area contributed by atoms with Crippen molar-refractivity contribution in [3.8, 4) is 0 Å². The average molecular weight is 384 g/mol. The summed E-state index contributed by atoms with van der Waals surface area (Å²) in [6.45, 7) is 2.72. The van der Waals surface area contributed by atoms with Crippen molar-refractivity contribution in [3.63, 3.8) is 0 Å². The first-order valence-electron chi connectivity index (χ1n) is 9.48. The molecule has 5 nitrogen and oxygen atoms in total. The first kappa shape index (κ1) is 18.6. The van der Waals surface area contributed by atoms with Crippen LogP contribution in [0.25, 0.3) is 0 Å². The van der Waals surface area contributed by atoms with E-state index in [1.54, 1.807) is 31.2 Å². The number of aliphatic imine (C=N–C) groups is 1. The fraction of sp³-hybridized carbons (Fsp3) is 0.125. The number of rotatable bonds is 4. The Labute approximate surface area is 169 Å².